The Bertz CT molecular complexity index is 697. The summed E-state index contributed by atoms with van der Waals surface area (Å²) in [4.78, 5) is 0.179. The van der Waals surface area contributed by atoms with Gasteiger partial charge in [-0.1, -0.05) is 51.3 Å². The van der Waals surface area contributed by atoms with Crippen LogP contribution in [0.1, 0.15) is 5.56 Å². The van der Waals surface area contributed by atoms with Gasteiger partial charge in [-0.25, -0.2) is 8.42 Å². The summed E-state index contributed by atoms with van der Waals surface area (Å²) in [5.41, 5.74) is 1.32. The van der Waals surface area contributed by atoms with E-state index in [1.165, 1.54) is 18.2 Å². The fourth-order valence-electron chi connectivity index (χ4n) is 1.58. The van der Waals surface area contributed by atoms with Gasteiger partial charge in [-0.2, -0.15) is 0 Å². The van der Waals surface area contributed by atoms with E-state index in [0.717, 1.165) is 5.56 Å². The van der Waals surface area contributed by atoms with Gasteiger partial charge in [-0.3, -0.25) is 4.72 Å². The van der Waals surface area contributed by atoms with Crippen molar-refractivity contribution in [3.8, 4) is 0 Å². The number of alkyl halides is 1. The molecular weight excluding hydrogens is 385 g/mol. The number of benzene rings is 2. The molecule has 3 nitrogen and oxygen atoms in total. The molecule has 0 aromatic heterocycles. The average molecular weight is 395 g/mol. The molecule has 0 saturated carbocycles. The molecule has 2 rings (SSSR count). The highest BCUT2D eigenvalue weighted by Crippen LogP contribution is 2.24. The summed E-state index contributed by atoms with van der Waals surface area (Å²) in [6.07, 6.45) is 0. The second-order valence-corrected chi connectivity index (χ2v) is 7.16. The Labute approximate surface area is 136 Å². The predicted molar refractivity (Wildman–Crippen MR) is 86.3 cm³/mol. The summed E-state index contributed by atoms with van der Waals surface area (Å²) in [7, 11) is -3.65. The molecule has 0 saturated heterocycles. The van der Waals surface area contributed by atoms with Crippen LogP contribution in [0.25, 0.3) is 0 Å². The molecule has 106 valence electrons. The van der Waals surface area contributed by atoms with Crippen LogP contribution in [-0.2, 0) is 15.4 Å². The molecule has 0 bridgehead atoms. The van der Waals surface area contributed by atoms with Crippen LogP contribution >= 0.6 is 39.1 Å². The minimum atomic E-state index is -3.65. The summed E-state index contributed by atoms with van der Waals surface area (Å²) in [5.74, 6) is 0. The Kier molecular flexibility index (Phi) is 4.96. The summed E-state index contributed by atoms with van der Waals surface area (Å²) in [6, 6.07) is 11.1. The molecule has 0 unspecified atom stereocenters. The largest absolute Gasteiger partial charge is 0.280 e. The Morgan fingerprint density at radius 3 is 2.05 bits per heavy atom. The number of rotatable bonds is 4. The smallest absolute Gasteiger partial charge is 0.261 e. The topological polar surface area (TPSA) is 46.2 Å². The van der Waals surface area contributed by atoms with E-state index in [1.54, 1.807) is 24.3 Å². The summed E-state index contributed by atoms with van der Waals surface area (Å²) in [6.45, 7) is 0. The molecule has 2 aromatic carbocycles. The van der Waals surface area contributed by atoms with Crippen LogP contribution in [0, 0.1) is 0 Å². The summed E-state index contributed by atoms with van der Waals surface area (Å²) < 4.78 is 26.9. The van der Waals surface area contributed by atoms with Gasteiger partial charge in [0.05, 0.1) is 10.6 Å². The van der Waals surface area contributed by atoms with Gasteiger partial charge in [0.1, 0.15) is 0 Å². The first kappa shape index (κ1) is 15.6. The molecule has 0 radical (unpaired) electrons. The van der Waals surface area contributed by atoms with Crippen molar-refractivity contribution in [2.24, 2.45) is 0 Å². The van der Waals surface area contributed by atoms with Crippen molar-refractivity contribution >= 4 is 54.8 Å². The number of anilines is 1. The van der Waals surface area contributed by atoms with Crippen LogP contribution in [0.3, 0.4) is 0 Å². The minimum Gasteiger partial charge on any atom is -0.280 e. The van der Waals surface area contributed by atoms with Gasteiger partial charge < -0.3 is 0 Å². The molecule has 1 N–H and O–H groups in total. The monoisotopic (exact) mass is 393 g/mol. The highest BCUT2D eigenvalue weighted by Gasteiger charge is 2.14. The van der Waals surface area contributed by atoms with Gasteiger partial charge in [0, 0.05) is 15.4 Å². The summed E-state index contributed by atoms with van der Waals surface area (Å²) in [5, 5.41) is 1.40. The van der Waals surface area contributed by atoms with Crippen molar-refractivity contribution in [1.82, 2.24) is 0 Å². The normalized spacial score (nSPS) is 11.3. The number of sulfonamides is 1. The standard InChI is InChI=1S/C13H10BrCl2NO2S/c14-8-9-1-3-13(4-2-9)20(18,19)17-12-6-10(15)5-11(16)7-12/h1-7,17H,8H2. The Balaban J connectivity index is 2.30. The number of hydrogen-bond acceptors (Lipinski definition) is 2. The Morgan fingerprint density at radius 2 is 1.55 bits per heavy atom. The molecule has 7 heteroatoms. The van der Waals surface area contributed by atoms with Crippen molar-refractivity contribution in [1.29, 1.82) is 0 Å². The van der Waals surface area contributed by atoms with Crippen molar-refractivity contribution in [2.75, 3.05) is 4.72 Å². The second kappa shape index (κ2) is 6.35. The molecular formula is C13H10BrCl2NO2S. The van der Waals surface area contributed by atoms with E-state index < -0.39 is 10.0 Å². The third kappa shape index (κ3) is 3.88. The second-order valence-electron chi connectivity index (χ2n) is 4.04. The van der Waals surface area contributed by atoms with E-state index in [2.05, 4.69) is 20.7 Å². The molecule has 0 amide bonds. The van der Waals surface area contributed by atoms with E-state index in [4.69, 9.17) is 23.2 Å². The van der Waals surface area contributed by atoms with Crippen molar-refractivity contribution < 1.29 is 8.42 Å². The first-order valence-electron chi connectivity index (χ1n) is 5.54. The zero-order valence-corrected chi connectivity index (χ0v) is 14.0. The van der Waals surface area contributed by atoms with Crippen LogP contribution in [0.5, 0.6) is 0 Å². The van der Waals surface area contributed by atoms with Crippen molar-refractivity contribution in [2.45, 2.75) is 10.2 Å². The van der Waals surface area contributed by atoms with Crippen LogP contribution in [0.2, 0.25) is 10.0 Å². The third-order valence-electron chi connectivity index (χ3n) is 2.50. The molecule has 0 aliphatic heterocycles. The van der Waals surface area contributed by atoms with Crippen LogP contribution in [0.15, 0.2) is 47.4 Å². The molecule has 0 aliphatic rings. The lowest BCUT2D eigenvalue weighted by molar-refractivity contribution is 0.601. The molecule has 0 atom stereocenters. The molecule has 20 heavy (non-hydrogen) atoms. The number of hydrogen-bond donors (Lipinski definition) is 1. The molecule has 0 aliphatic carbocycles. The van der Waals surface area contributed by atoms with Gasteiger partial charge in [0.2, 0.25) is 0 Å². The maximum atomic E-state index is 12.2. The molecule has 0 spiro atoms. The maximum absolute atomic E-state index is 12.2. The van der Waals surface area contributed by atoms with Gasteiger partial charge in [0.15, 0.2) is 0 Å². The quantitative estimate of drug-likeness (QED) is 0.764. The van der Waals surface area contributed by atoms with Crippen molar-refractivity contribution in [3.05, 3.63) is 58.1 Å². The lowest BCUT2D eigenvalue weighted by atomic mass is 10.2. The van der Waals surface area contributed by atoms with Crippen LogP contribution in [0.4, 0.5) is 5.69 Å². The van der Waals surface area contributed by atoms with E-state index in [1.807, 2.05) is 0 Å². The van der Waals surface area contributed by atoms with Gasteiger partial charge in [-0.05, 0) is 35.9 Å². The summed E-state index contributed by atoms with van der Waals surface area (Å²) >= 11 is 15.0. The Morgan fingerprint density at radius 1 is 1.00 bits per heavy atom. The van der Waals surface area contributed by atoms with E-state index >= 15 is 0 Å². The maximum Gasteiger partial charge on any atom is 0.261 e. The Hall–Kier alpha value is -0.750. The lowest BCUT2D eigenvalue weighted by Gasteiger charge is -2.09. The van der Waals surface area contributed by atoms with Gasteiger partial charge in [0.25, 0.3) is 10.0 Å². The zero-order chi connectivity index (χ0) is 14.8. The highest BCUT2D eigenvalue weighted by molar-refractivity contribution is 9.08. The molecule has 0 heterocycles. The fraction of sp³-hybridized carbons (Fsp3) is 0.0769. The molecule has 0 fully saturated rings. The van der Waals surface area contributed by atoms with E-state index in [9.17, 15) is 8.42 Å². The first-order chi connectivity index (χ1) is 9.40. The zero-order valence-electron chi connectivity index (χ0n) is 10.1. The number of halogens is 3. The SMILES string of the molecule is O=S(=O)(Nc1cc(Cl)cc(Cl)c1)c1ccc(CBr)cc1. The first-order valence-corrected chi connectivity index (χ1v) is 8.90. The van der Waals surface area contributed by atoms with Gasteiger partial charge >= 0.3 is 0 Å². The molecule has 2 aromatic rings. The predicted octanol–water partition coefficient (Wildman–Crippen LogP) is 4.69. The van der Waals surface area contributed by atoms with E-state index in [-0.39, 0.29) is 4.90 Å². The van der Waals surface area contributed by atoms with E-state index in [0.29, 0.717) is 21.1 Å². The van der Waals surface area contributed by atoms with Crippen molar-refractivity contribution in [3.63, 3.8) is 0 Å². The highest BCUT2D eigenvalue weighted by atomic mass is 79.9. The fourth-order valence-corrected chi connectivity index (χ4v) is 3.52. The average Bonchev–Trinajstić information content (AvgIpc) is 2.37. The van der Waals surface area contributed by atoms with Gasteiger partial charge in [-0.15, -0.1) is 0 Å². The third-order valence-corrected chi connectivity index (χ3v) is 4.98. The minimum absolute atomic E-state index is 0.179. The number of nitrogens with one attached hydrogen (secondary N) is 1. The van der Waals surface area contributed by atoms with Crippen LogP contribution in [-0.4, -0.2) is 8.42 Å². The van der Waals surface area contributed by atoms with Crippen LogP contribution < -0.4 is 4.72 Å². The lowest BCUT2D eigenvalue weighted by Crippen LogP contribution is -2.12.